The number of aliphatic hydroxyl groups is 3. The highest BCUT2D eigenvalue weighted by atomic mass is 16.6. The van der Waals surface area contributed by atoms with E-state index in [-0.39, 0.29) is 42.2 Å². The third-order valence-electron chi connectivity index (χ3n) is 7.23. The van der Waals surface area contributed by atoms with Gasteiger partial charge in [-0.05, 0) is 25.5 Å². The molecule has 0 aliphatic carbocycles. The van der Waals surface area contributed by atoms with Crippen molar-refractivity contribution in [1.29, 1.82) is 0 Å². The average Bonchev–Trinajstić information content (AvgIpc) is 3.66. The molecule has 1 saturated heterocycles. The average molecular weight is 549 g/mol. The fourth-order valence-corrected chi connectivity index (χ4v) is 4.56. The monoisotopic (exact) mass is 548 g/mol. The quantitative estimate of drug-likeness (QED) is 0.171. The fraction of sp³-hybridized carbons (Fsp3) is 0.633. The molecule has 0 aromatic heterocycles. The van der Waals surface area contributed by atoms with Gasteiger partial charge >= 0.3 is 11.9 Å². The van der Waals surface area contributed by atoms with Crippen LogP contribution in [0.4, 0.5) is 0 Å². The Hall–Kier alpha value is -2.59. The number of epoxide rings is 1. The van der Waals surface area contributed by atoms with Crippen molar-refractivity contribution in [2.24, 2.45) is 17.8 Å². The zero-order valence-electron chi connectivity index (χ0n) is 23.9. The molecule has 3 N–H and O–H groups in total. The van der Waals surface area contributed by atoms with Crippen LogP contribution in [0.5, 0.6) is 0 Å². The van der Waals surface area contributed by atoms with E-state index in [2.05, 4.69) is 0 Å². The Morgan fingerprint density at radius 1 is 1.21 bits per heavy atom. The van der Waals surface area contributed by atoms with Gasteiger partial charge in [0.05, 0.1) is 24.7 Å². The first-order chi connectivity index (χ1) is 18.2. The van der Waals surface area contributed by atoms with Crippen LogP contribution in [0, 0.1) is 17.8 Å². The summed E-state index contributed by atoms with van der Waals surface area (Å²) in [6.07, 6.45) is 6.97. The fourth-order valence-electron chi connectivity index (χ4n) is 4.56. The molecule has 0 saturated carbocycles. The van der Waals surface area contributed by atoms with Gasteiger partial charge in [-0.1, -0.05) is 64.2 Å². The Morgan fingerprint density at radius 2 is 1.87 bits per heavy atom. The van der Waals surface area contributed by atoms with Crippen LogP contribution in [0.3, 0.4) is 0 Å². The number of carbonyl (C=O) groups is 3. The molecule has 0 radical (unpaired) electrons. The highest BCUT2D eigenvalue weighted by molar-refractivity contribution is 5.81. The van der Waals surface area contributed by atoms with Crippen LogP contribution in [0.1, 0.15) is 61.3 Å². The number of hydrogen-bond acceptors (Lipinski definition) is 9. The standard InChI is InChI=1S/C30H44O9/c1-8-23(33)20(5)28-29(39-28)26(35)17(2)10-9-11-18(3)27-19(4)12-13-24(37-21(6)31)30(7,36)15-14-22(32)16-25(34)38-27/h9-15,17,19-20,22,24,26-29,32,35-36H,8,16H2,1-7H3/b10-9+,13-12+,15-14+,18-11+. The Labute approximate surface area is 231 Å². The molecular weight excluding hydrogens is 504 g/mol. The number of aliphatic hydroxyl groups excluding tert-OH is 2. The molecule has 218 valence electrons. The Bertz CT molecular complexity index is 992. The molecule has 10 unspecified atom stereocenters. The second kappa shape index (κ2) is 14.2. The number of ketones is 1. The molecule has 2 aliphatic rings. The minimum absolute atomic E-state index is 0.109. The number of cyclic esters (lactones) is 1. The summed E-state index contributed by atoms with van der Waals surface area (Å²) < 4.78 is 16.6. The summed E-state index contributed by atoms with van der Waals surface area (Å²) in [5.41, 5.74) is -0.906. The Morgan fingerprint density at radius 3 is 2.49 bits per heavy atom. The number of esters is 2. The van der Waals surface area contributed by atoms with E-state index in [0.29, 0.717) is 12.0 Å². The van der Waals surface area contributed by atoms with Crippen LogP contribution in [0.2, 0.25) is 0 Å². The van der Waals surface area contributed by atoms with Crippen molar-refractivity contribution < 1.29 is 43.9 Å². The number of ether oxygens (including phenoxy) is 3. The molecule has 2 heterocycles. The molecule has 2 aliphatic heterocycles. The predicted molar refractivity (Wildman–Crippen MR) is 145 cm³/mol. The van der Waals surface area contributed by atoms with Crippen molar-refractivity contribution in [3.8, 4) is 0 Å². The van der Waals surface area contributed by atoms with Crippen LogP contribution in [0.15, 0.2) is 48.1 Å². The van der Waals surface area contributed by atoms with E-state index >= 15 is 0 Å². The minimum atomic E-state index is -1.61. The van der Waals surface area contributed by atoms with Gasteiger partial charge in [-0.25, -0.2) is 0 Å². The van der Waals surface area contributed by atoms with Gasteiger partial charge in [0, 0.05) is 31.1 Å². The summed E-state index contributed by atoms with van der Waals surface area (Å²) in [6, 6.07) is 0. The normalized spacial score (nSPS) is 36.1. The SMILES string of the molecule is CCC(=O)C(C)C1OC1C(O)C(C)/C=C/C=C(\C)C1OC(=O)CC(O)/C=C/C(C)(O)C(OC(C)=O)/C=C/C1C. The predicted octanol–water partition coefficient (Wildman–Crippen LogP) is 2.98. The molecule has 39 heavy (non-hydrogen) atoms. The maximum absolute atomic E-state index is 12.6. The minimum Gasteiger partial charge on any atom is -0.457 e. The summed E-state index contributed by atoms with van der Waals surface area (Å²) in [4.78, 5) is 36.1. The van der Waals surface area contributed by atoms with Crippen LogP contribution in [0.25, 0.3) is 0 Å². The number of Topliss-reactive ketones (excluding diaryl/α,β-unsaturated/α-hetero) is 1. The van der Waals surface area contributed by atoms with Crippen molar-refractivity contribution in [2.45, 2.75) is 104 Å². The number of rotatable bonds is 9. The lowest BCUT2D eigenvalue weighted by Crippen LogP contribution is -2.40. The maximum Gasteiger partial charge on any atom is 0.309 e. The molecule has 0 aromatic rings. The van der Waals surface area contributed by atoms with Crippen LogP contribution >= 0.6 is 0 Å². The van der Waals surface area contributed by atoms with Gasteiger partial charge < -0.3 is 29.5 Å². The lowest BCUT2D eigenvalue weighted by atomic mass is 9.91. The van der Waals surface area contributed by atoms with Crippen molar-refractivity contribution >= 4 is 17.7 Å². The first-order valence-electron chi connectivity index (χ1n) is 13.5. The van der Waals surface area contributed by atoms with Crippen molar-refractivity contribution in [3.05, 3.63) is 48.1 Å². The van der Waals surface area contributed by atoms with E-state index in [1.807, 2.05) is 33.8 Å². The van der Waals surface area contributed by atoms with E-state index in [1.54, 1.807) is 31.2 Å². The first kappa shape index (κ1) is 32.6. The van der Waals surface area contributed by atoms with Gasteiger partial charge in [0.15, 0.2) is 6.10 Å². The molecule has 2 rings (SSSR count). The molecule has 9 heteroatoms. The van der Waals surface area contributed by atoms with E-state index in [0.717, 1.165) is 0 Å². The molecule has 9 nitrogen and oxygen atoms in total. The van der Waals surface area contributed by atoms with Gasteiger partial charge in [-0.2, -0.15) is 0 Å². The third kappa shape index (κ3) is 9.53. The van der Waals surface area contributed by atoms with E-state index in [1.165, 1.54) is 26.0 Å². The Balaban J connectivity index is 2.19. The van der Waals surface area contributed by atoms with Crippen LogP contribution in [-0.2, 0) is 28.6 Å². The lowest BCUT2D eigenvalue weighted by Gasteiger charge is -2.29. The first-order valence-corrected chi connectivity index (χ1v) is 13.5. The summed E-state index contributed by atoms with van der Waals surface area (Å²) in [6.45, 7) is 11.8. The molecule has 0 aromatic carbocycles. The van der Waals surface area contributed by atoms with Gasteiger partial charge in [0.25, 0.3) is 0 Å². The highest BCUT2D eigenvalue weighted by Gasteiger charge is 2.50. The van der Waals surface area contributed by atoms with E-state index in [4.69, 9.17) is 14.2 Å². The molecule has 0 spiro atoms. The zero-order valence-corrected chi connectivity index (χ0v) is 23.9. The van der Waals surface area contributed by atoms with Gasteiger partial charge in [-0.3, -0.25) is 14.4 Å². The molecule has 1 fully saturated rings. The molecular formula is C30H44O9. The molecule has 0 amide bonds. The summed E-state index contributed by atoms with van der Waals surface area (Å²) in [5, 5.41) is 31.8. The number of hydrogen-bond donors (Lipinski definition) is 3. The number of carbonyl (C=O) groups excluding carboxylic acids is 3. The zero-order chi connectivity index (χ0) is 29.5. The highest BCUT2D eigenvalue weighted by Crippen LogP contribution is 2.35. The lowest BCUT2D eigenvalue weighted by molar-refractivity contribution is -0.152. The van der Waals surface area contributed by atoms with Crippen molar-refractivity contribution in [2.75, 3.05) is 0 Å². The third-order valence-corrected chi connectivity index (χ3v) is 7.23. The summed E-state index contributed by atoms with van der Waals surface area (Å²) in [5.74, 6) is -1.95. The van der Waals surface area contributed by atoms with E-state index < -0.39 is 42.0 Å². The van der Waals surface area contributed by atoms with Crippen LogP contribution in [-0.4, -0.2) is 75.3 Å². The van der Waals surface area contributed by atoms with E-state index in [9.17, 15) is 29.7 Å². The Kier molecular flexibility index (Phi) is 11.8. The van der Waals surface area contributed by atoms with Gasteiger partial charge in [-0.15, -0.1) is 0 Å². The largest absolute Gasteiger partial charge is 0.457 e. The van der Waals surface area contributed by atoms with Gasteiger partial charge in [0.1, 0.15) is 23.6 Å². The summed E-state index contributed by atoms with van der Waals surface area (Å²) in [7, 11) is 0. The maximum atomic E-state index is 12.6. The molecule has 0 bridgehead atoms. The van der Waals surface area contributed by atoms with Crippen molar-refractivity contribution in [3.63, 3.8) is 0 Å². The van der Waals surface area contributed by atoms with Crippen molar-refractivity contribution in [1.82, 2.24) is 0 Å². The van der Waals surface area contributed by atoms with Gasteiger partial charge in [0.2, 0.25) is 0 Å². The summed E-state index contributed by atoms with van der Waals surface area (Å²) >= 11 is 0. The molecule has 10 atom stereocenters. The smallest absolute Gasteiger partial charge is 0.309 e. The number of allylic oxidation sites excluding steroid dienone is 2. The topological polar surface area (TPSA) is 143 Å². The van der Waals surface area contributed by atoms with Crippen LogP contribution < -0.4 is 0 Å². The second-order valence-electron chi connectivity index (χ2n) is 10.9. The second-order valence-corrected chi connectivity index (χ2v) is 10.9.